The van der Waals surface area contributed by atoms with Crippen LogP contribution >= 0.6 is 0 Å². The highest BCUT2D eigenvalue weighted by atomic mass is 19.4. The van der Waals surface area contributed by atoms with Gasteiger partial charge in [0, 0.05) is 36.8 Å². The minimum Gasteiger partial charge on any atom is -0.494 e. The molecule has 0 unspecified atom stereocenters. The fourth-order valence-electron chi connectivity index (χ4n) is 4.39. The lowest BCUT2D eigenvalue weighted by Crippen LogP contribution is -2.39. The Labute approximate surface area is 239 Å². The second-order valence-corrected chi connectivity index (χ2v) is 9.35. The van der Waals surface area contributed by atoms with E-state index in [9.17, 15) is 27.6 Å². The Morgan fingerprint density at radius 3 is 2.36 bits per heavy atom. The summed E-state index contributed by atoms with van der Waals surface area (Å²) in [6.07, 6.45) is -0.886. The minimum atomic E-state index is -4.52. The van der Waals surface area contributed by atoms with Gasteiger partial charge in [-0.15, -0.1) is 0 Å². The van der Waals surface area contributed by atoms with Crippen LogP contribution in [0.3, 0.4) is 0 Å². The summed E-state index contributed by atoms with van der Waals surface area (Å²) in [5, 5.41) is 8.32. The summed E-state index contributed by atoms with van der Waals surface area (Å²) >= 11 is 0. The number of carbonyl (C=O) groups is 3. The van der Waals surface area contributed by atoms with Gasteiger partial charge in [-0.25, -0.2) is 4.98 Å². The number of rotatable bonds is 9. The summed E-state index contributed by atoms with van der Waals surface area (Å²) < 4.78 is 44.1. The normalized spacial score (nSPS) is 13.7. The third-order valence-corrected chi connectivity index (χ3v) is 6.62. The number of piperidine rings is 1. The van der Waals surface area contributed by atoms with E-state index in [0.29, 0.717) is 48.7 Å². The van der Waals surface area contributed by atoms with Crippen LogP contribution in [0.1, 0.15) is 28.8 Å². The Balaban J connectivity index is 1.56. The van der Waals surface area contributed by atoms with E-state index in [2.05, 4.69) is 32.5 Å². The van der Waals surface area contributed by atoms with Crippen LogP contribution in [0.5, 0.6) is 5.75 Å². The van der Waals surface area contributed by atoms with Crippen molar-refractivity contribution in [2.45, 2.75) is 19.0 Å². The predicted molar refractivity (Wildman–Crippen MR) is 151 cm³/mol. The van der Waals surface area contributed by atoms with Crippen molar-refractivity contribution >= 4 is 46.5 Å². The van der Waals surface area contributed by atoms with Crippen molar-refractivity contribution in [1.82, 2.24) is 9.97 Å². The number of nitrogens with two attached hydrogens (primary N) is 1. The number of benzene rings is 2. The maximum absolute atomic E-state index is 12.8. The van der Waals surface area contributed by atoms with Crippen molar-refractivity contribution < 1.29 is 32.3 Å². The molecule has 0 atom stereocenters. The molecule has 1 aliphatic heterocycles. The first-order valence-corrected chi connectivity index (χ1v) is 12.8. The summed E-state index contributed by atoms with van der Waals surface area (Å²) in [5.41, 5.74) is 6.09. The Kier molecular flexibility index (Phi) is 8.93. The number of nitrogens with zero attached hydrogens (tertiary/aromatic N) is 3. The highest BCUT2D eigenvalue weighted by Gasteiger charge is 2.30. The Morgan fingerprint density at radius 1 is 1.07 bits per heavy atom. The summed E-state index contributed by atoms with van der Waals surface area (Å²) in [5.74, 6) is -1.13. The van der Waals surface area contributed by atoms with Crippen LogP contribution in [0.2, 0.25) is 0 Å². The number of anilines is 5. The molecular weight excluding hydrogens is 555 g/mol. The van der Waals surface area contributed by atoms with E-state index in [1.54, 1.807) is 12.1 Å². The smallest absolute Gasteiger partial charge is 0.416 e. The third-order valence-electron chi connectivity index (χ3n) is 6.62. The zero-order chi connectivity index (χ0) is 30.4. The van der Waals surface area contributed by atoms with Crippen LogP contribution in [0.15, 0.2) is 61.3 Å². The highest BCUT2D eigenvalue weighted by Crippen LogP contribution is 2.39. The van der Waals surface area contributed by atoms with Gasteiger partial charge in [0.25, 0.3) is 5.91 Å². The molecule has 1 aliphatic rings. The Hall–Kier alpha value is -5.14. The molecule has 4 rings (SSSR count). The number of halogens is 3. The number of ether oxygens (including phenoxy) is 1. The summed E-state index contributed by atoms with van der Waals surface area (Å²) in [7, 11) is 1.47. The molecule has 0 aliphatic carbocycles. The fourth-order valence-corrected chi connectivity index (χ4v) is 4.39. The number of primary amides is 1. The molecule has 0 saturated carbocycles. The van der Waals surface area contributed by atoms with E-state index in [1.165, 1.54) is 19.4 Å². The summed E-state index contributed by atoms with van der Waals surface area (Å²) in [4.78, 5) is 46.9. The molecule has 2 heterocycles. The lowest BCUT2D eigenvalue weighted by molar-refractivity contribution is -0.137. The number of methoxy groups -OCH3 is 1. The first kappa shape index (κ1) is 29.8. The maximum atomic E-state index is 12.8. The Morgan fingerprint density at radius 2 is 1.76 bits per heavy atom. The molecule has 14 heteroatoms. The second kappa shape index (κ2) is 12.6. The van der Waals surface area contributed by atoms with Gasteiger partial charge in [-0.3, -0.25) is 14.4 Å². The van der Waals surface area contributed by atoms with E-state index in [-0.39, 0.29) is 29.2 Å². The largest absolute Gasteiger partial charge is 0.494 e. The SMILES string of the molecule is C=CC(=O)Nc1cc(Nc2nccc(NC(=O)c3ccc(C(F)(F)F)cc3)n2)c(OC)cc1N1CCC(C(N)=O)CC1. The second-order valence-electron chi connectivity index (χ2n) is 9.35. The van der Waals surface area contributed by atoms with Gasteiger partial charge in [-0.1, -0.05) is 6.58 Å². The average Bonchev–Trinajstić information content (AvgIpc) is 2.97. The third kappa shape index (κ3) is 7.13. The Bertz CT molecular complexity index is 1490. The molecule has 0 radical (unpaired) electrons. The van der Waals surface area contributed by atoms with Crippen molar-refractivity contribution in [3.05, 3.63) is 72.4 Å². The van der Waals surface area contributed by atoms with Crippen molar-refractivity contribution in [2.75, 3.05) is 41.0 Å². The van der Waals surface area contributed by atoms with Crippen LogP contribution in [-0.4, -0.2) is 47.9 Å². The van der Waals surface area contributed by atoms with Gasteiger partial charge in [-0.2, -0.15) is 18.2 Å². The molecular formula is C28H28F3N7O4. The molecule has 0 bridgehead atoms. The number of carbonyl (C=O) groups excluding carboxylic acids is 3. The molecule has 0 spiro atoms. The number of hydrogen-bond acceptors (Lipinski definition) is 8. The minimum absolute atomic E-state index is 0.0100. The molecule has 220 valence electrons. The van der Waals surface area contributed by atoms with Crippen molar-refractivity contribution in [3.63, 3.8) is 0 Å². The molecule has 11 nitrogen and oxygen atoms in total. The molecule has 5 N–H and O–H groups in total. The van der Waals surface area contributed by atoms with Gasteiger partial charge >= 0.3 is 6.18 Å². The van der Waals surface area contributed by atoms with Crippen LogP contribution in [0.25, 0.3) is 0 Å². The standard InChI is InChI=1S/C28H28F3N7O4/c1-3-24(39)34-19-14-20(22(42-2)15-21(19)38-12-9-16(10-13-38)25(32)40)35-27-33-11-8-23(37-27)36-26(41)17-4-6-18(7-5-17)28(29,30)31/h3-8,11,14-16H,1,9-10,12-13H2,2H3,(H2,32,40)(H,34,39)(H2,33,35,36,37,41). The highest BCUT2D eigenvalue weighted by molar-refractivity contribution is 6.04. The van der Waals surface area contributed by atoms with Crippen LogP contribution in [-0.2, 0) is 15.8 Å². The van der Waals surface area contributed by atoms with Crippen molar-refractivity contribution in [3.8, 4) is 5.75 Å². The van der Waals surface area contributed by atoms with Crippen molar-refractivity contribution in [2.24, 2.45) is 11.7 Å². The van der Waals surface area contributed by atoms with Crippen molar-refractivity contribution in [1.29, 1.82) is 0 Å². The zero-order valence-corrected chi connectivity index (χ0v) is 22.5. The van der Waals surface area contributed by atoms with E-state index in [4.69, 9.17) is 10.5 Å². The molecule has 42 heavy (non-hydrogen) atoms. The van der Waals surface area contributed by atoms with Gasteiger partial charge in [0.1, 0.15) is 11.6 Å². The zero-order valence-electron chi connectivity index (χ0n) is 22.5. The fraction of sp³-hybridized carbons (Fsp3) is 0.250. The van der Waals surface area contributed by atoms with E-state index < -0.39 is 23.6 Å². The predicted octanol–water partition coefficient (Wildman–Crippen LogP) is 4.33. The van der Waals surface area contributed by atoms with E-state index >= 15 is 0 Å². The number of aromatic nitrogens is 2. The van der Waals surface area contributed by atoms with Gasteiger partial charge in [0.2, 0.25) is 17.8 Å². The molecule has 1 saturated heterocycles. The monoisotopic (exact) mass is 583 g/mol. The number of alkyl halides is 3. The van der Waals surface area contributed by atoms with Crippen LogP contribution in [0.4, 0.5) is 42.0 Å². The van der Waals surface area contributed by atoms with Gasteiger partial charge in [0.15, 0.2) is 0 Å². The first-order chi connectivity index (χ1) is 20.0. The average molecular weight is 584 g/mol. The lowest BCUT2D eigenvalue weighted by atomic mass is 9.95. The van der Waals surface area contributed by atoms with Gasteiger partial charge in [0.05, 0.1) is 29.7 Å². The quantitative estimate of drug-likeness (QED) is 0.272. The topological polar surface area (TPSA) is 152 Å². The molecule has 3 aromatic rings. The molecule has 3 amide bonds. The van der Waals surface area contributed by atoms with Crippen LogP contribution < -0.4 is 31.3 Å². The maximum Gasteiger partial charge on any atom is 0.416 e. The molecule has 1 aromatic heterocycles. The number of amides is 3. The first-order valence-electron chi connectivity index (χ1n) is 12.8. The van der Waals surface area contributed by atoms with E-state index in [1.807, 2.05) is 4.90 Å². The molecule has 2 aromatic carbocycles. The van der Waals surface area contributed by atoms with E-state index in [0.717, 1.165) is 30.3 Å². The molecule has 1 fully saturated rings. The van der Waals surface area contributed by atoms with Crippen LogP contribution in [0, 0.1) is 5.92 Å². The number of nitrogens with one attached hydrogen (secondary N) is 3. The van der Waals surface area contributed by atoms with Gasteiger partial charge < -0.3 is 31.3 Å². The summed E-state index contributed by atoms with van der Waals surface area (Å²) in [6, 6.07) is 8.55. The lowest BCUT2D eigenvalue weighted by Gasteiger charge is -2.34. The van der Waals surface area contributed by atoms with Gasteiger partial charge in [-0.05, 0) is 55.3 Å². The summed E-state index contributed by atoms with van der Waals surface area (Å²) in [6.45, 7) is 4.56. The number of hydrogen-bond donors (Lipinski definition) is 4.